The Hall–Kier alpha value is -2.84. The Balaban J connectivity index is 1.94. The predicted octanol–water partition coefficient (Wildman–Crippen LogP) is 5.86. The van der Waals surface area contributed by atoms with Crippen LogP contribution in [0.4, 0.5) is 0 Å². The molecular weight excluding hydrogens is 316 g/mol. The number of aromatic nitrogens is 2. The van der Waals surface area contributed by atoms with E-state index in [4.69, 9.17) is 16.6 Å². The first kappa shape index (κ1) is 14.7. The number of hydrogen-bond donors (Lipinski definition) is 0. The fraction of sp³-hybridized carbons (Fsp3) is 0. The molecular formula is C21H15ClN2. The molecule has 0 bridgehead atoms. The third-order valence-electron chi connectivity index (χ3n) is 3.92. The molecule has 4 aromatic rings. The Kier molecular flexibility index (Phi) is 3.89. The molecule has 0 radical (unpaired) electrons. The SMILES string of the molecule is Clc1ccccc1-c1cn(-c2ccccc2)c(-c2ccccc2)n1. The lowest BCUT2D eigenvalue weighted by Crippen LogP contribution is -1.95. The number of imidazole rings is 1. The zero-order chi connectivity index (χ0) is 16.4. The zero-order valence-corrected chi connectivity index (χ0v) is 13.7. The topological polar surface area (TPSA) is 17.8 Å². The Morgan fingerprint density at radius 1 is 0.708 bits per heavy atom. The molecule has 1 aromatic heterocycles. The van der Waals surface area contributed by atoms with E-state index in [0.29, 0.717) is 5.02 Å². The molecule has 0 saturated heterocycles. The molecule has 116 valence electrons. The van der Waals surface area contributed by atoms with Crippen molar-refractivity contribution in [1.29, 1.82) is 0 Å². The Bertz CT molecular complexity index is 903. The predicted molar refractivity (Wildman–Crippen MR) is 99.4 cm³/mol. The van der Waals surface area contributed by atoms with Gasteiger partial charge < -0.3 is 0 Å². The summed E-state index contributed by atoms with van der Waals surface area (Å²) in [4.78, 5) is 4.87. The zero-order valence-electron chi connectivity index (χ0n) is 12.9. The van der Waals surface area contributed by atoms with Gasteiger partial charge in [-0.05, 0) is 18.2 Å². The van der Waals surface area contributed by atoms with Crippen LogP contribution in [0, 0.1) is 0 Å². The average Bonchev–Trinajstić information content (AvgIpc) is 3.09. The summed E-state index contributed by atoms with van der Waals surface area (Å²) in [5.74, 6) is 0.900. The van der Waals surface area contributed by atoms with Crippen molar-refractivity contribution < 1.29 is 0 Å². The van der Waals surface area contributed by atoms with Gasteiger partial charge in [-0.1, -0.05) is 78.3 Å². The molecule has 0 unspecified atom stereocenters. The second-order valence-corrected chi connectivity index (χ2v) is 5.91. The van der Waals surface area contributed by atoms with Gasteiger partial charge in [0.15, 0.2) is 0 Å². The molecule has 3 aromatic carbocycles. The molecule has 0 aliphatic carbocycles. The highest BCUT2D eigenvalue weighted by Gasteiger charge is 2.14. The van der Waals surface area contributed by atoms with Crippen LogP contribution in [0.5, 0.6) is 0 Å². The third-order valence-corrected chi connectivity index (χ3v) is 4.25. The second-order valence-electron chi connectivity index (χ2n) is 5.50. The van der Waals surface area contributed by atoms with Crippen molar-refractivity contribution in [3.8, 4) is 28.3 Å². The summed E-state index contributed by atoms with van der Waals surface area (Å²) in [6, 6.07) is 28.2. The summed E-state index contributed by atoms with van der Waals surface area (Å²) in [5, 5.41) is 0.704. The molecule has 0 fully saturated rings. The monoisotopic (exact) mass is 330 g/mol. The molecule has 0 amide bonds. The molecule has 0 aliphatic rings. The van der Waals surface area contributed by atoms with Crippen molar-refractivity contribution in [3.63, 3.8) is 0 Å². The van der Waals surface area contributed by atoms with Crippen LogP contribution >= 0.6 is 11.6 Å². The molecule has 0 atom stereocenters. The third kappa shape index (κ3) is 2.72. The molecule has 1 heterocycles. The van der Waals surface area contributed by atoms with E-state index >= 15 is 0 Å². The van der Waals surface area contributed by atoms with Gasteiger partial charge in [0.05, 0.1) is 10.7 Å². The number of rotatable bonds is 3. The van der Waals surface area contributed by atoms with Crippen LogP contribution in [0.25, 0.3) is 28.3 Å². The van der Waals surface area contributed by atoms with Gasteiger partial charge in [-0.3, -0.25) is 4.57 Å². The van der Waals surface area contributed by atoms with E-state index in [-0.39, 0.29) is 0 Å². The van der Waals surface area contributed by atoms with Crippen LogP contribution in [0.3, 0.4) is 0 Å². The van der Waals surface area contributed by atoms with Gasteiger partial charge in [-0.15, -0.1) is 0 Å². The normalized spacial score (nSPS) is 10.7. The van der Waals surface area contributed by atoms with Crippen molar-refractivity contribution in [3.05, 3.63) is 96.1 Å². The number of hydrogen-bond acceptors (Lipinski definition) is 1. The first-order chi connectivity index (χ1) is 11.8. The fourth-order valence-corrected chi connectivity index (χ4v) is 2.99. The second kappa shape index (κ2) is 6.34. The maximum atomic E-state index is 6.36. The fourth-order valence-electron chi connectivity index (χ4n) is 2.76. The Morgan fingerprint density at radius 3 is 2.04 bits per heavy atom. The highest BCUT2D eigenvalue weighted by Crippen LogP contribution is 2.31. The van der Waals surface area contributed by atoms with E-state index in [1.54, 1.807) is 0 Å². The van der Waals surface area contributed by atoms with Gasteiger partial charge in [0.1, 0.15) is 5.82 Å². The first-order valence-electron chi connectivity index (χ1n) is 7.78. The lowest BCUT2D eigenvalue weighted by atomic mass is 10.2. The minimum atomic E-state index is 0.704. The molecule has 0 aliphatic heterocycles. The molecule has 24 heavy (non-hydrogen) atoms. The van der Waals surface area contributed by atoms with Gasteiger partial charge >= 0.3 is 0 Å². The lowest BCUT2D eigenvalue weighted by molar-refractivity contribution is 1.07. The summed E-state index contributed by atoms with van der Waals surface area (Å²) >= 11 is 6.36. The Morgan fingerprint density at radius 2 is 1.33 bits per heavy atom. The summed E-state index contributed by atoms with van der Waals surface area (Å²) in [5.41, 5.74) is 3.94. The Labute approximate surface area is 146 Å². The summed E-state index contributed by atoms with van der Waals surface area (Å²) < 4.78 is 2.11. The number of nitrogens with zero attached hydrogens (tertiary/aromatic N) is 2. The lowest BCUT2D eigenvalue weighted by Gasteiger charge is -2.07. The smallest absolute Gasteiger partial charge is 0.145 e. The minimum Gasteiger partial charge on any atom is -0.299 e. The van der Waals surface area contributed by atoms with Crippen molar-refractivity contribution in [2.45, 2.75) is 0 Å². The van der Waals surface area contributed by atoms with E-state index in [1.807, 2.05) is 66.9 Å². The van der Waals surface area contributed by atoms with Crippen LogP contribution < -0.4 is 0 Å². The largest absolute Gasteiger partial charge is 0.299 e. The minimum absolute atomic E-state index is 0.704. The van der Waals surface area contributed by atoms with Gasteiger partial charge in [-0.25, -0.2) is 4.98 Å². The molecule has 3 heteroatoms. The highest BCUT2D eigenvalue weighted by molar-refractivity contribution is 6.33. The molecule has 4 rings (SSSR count). The highest BCUT2D eigenvalue weighted by atomic mass is 35.5. The standard InChI is InChI=1S/C21H15ClN2/c22-19-14-8-7-13-18(19)20-15-24(17-11-5-2-6-12-17)21(23-20)16-9-3-1-4-10-16/h1-15H. The molecule has 2 nitrogen and oxygen atoms in total. The molecule has 0 spiro atoms. The number of benzene rings is 3. The van der Waals surface area contributed by atoms with Crippen LogP contribution in [0.2, 0.25) is 5.02 Å². The van der Waals surface area contributed by atoms with Crippen LogP contribution in [-0.2, 0) is 0 Å². The maximum absolute atomic E-state index is 6.36. The maximum Gasteiger partial charge on any atom is 0.145 e. The molecule has 0 N–H and O–H groups in total. The van der Waals surface area contributed by atoms with Crippen molar-refractivity contribution in [1.82, 2.24) is 9.55 Å². The van der Waals surface area contributed by atoms with E-state index in [1.165, 1.54) is 0 Å². The summed E-state index contributed by atoms with van der Waals surface area (Å²) in [6.45, 7) is 0. The van der Waals surface area contributed by atoms with Crippen LogP contribution in [0.15, 0.2) is 91.1 Å². The number of para-hydroxylation sites is 1. The molecule has 0 saturated carbocycles. The first-order valence-corrected chi connectivity index (χ1v) is 8.16. The van der Waals surface area contributed by atoms with Gasteiger partial charge in [0, 0.05) is 23.0 Å². The van der Waals surface area contributed by atoms with Gasteiger partial charge in [0.2, 0.25) is 0 Å². The van der Waals surface area contributed by atoms with Crippen LogP contribution in [0.1, 0.15) is 0 Å². The number of halogens is 1. The van der Waals surface area contributed by atoms with Crippen molar-refractivity contribution in [2.75, 3.05) is 0 Å². The van der Waals surface area contributed by atoms with Gasteiger partial charge in [0.25, 0.3) is 0 Å². The van der Waals surface area contributed by atoms with Gasteiger partial charge in [-0.2, -0.15) is 0 Å². The van der Waals surface area contributed by atoms with E-state index in [2.05, 4.69) is 28.8 Å². The van der Waals surface area contributed by atoms with Crippen molar-refractivity contribution in [2.24, 2.45) is 0 Å². The average molecular weight is 331 g/mol. The van der Waals surface area contributed by atoms with E-state index in [9.17, 15) is 0 Å². The van der Waals surface area contributed by atoms with Crippen molar-refractivity contribution >= 4 is 11.6 Å². The van der Waals surface area contributed by atoms with Crippen LogP contribution in [-0.4, -0.2) is 9.55 Å². The van der Waals surface area contributed by atoms with E-state index in [0.717, 1.165) is 28.3 Å². The summed E-state index contributed by atoms with van der Waals surface area (Å²) in [6.07, 6.45) is 2.04. The quantitative estimate of drug-likeness (QED) is 0.460. The van der Waals surface area contributed by atoms with E-state index < -0.39 is 0 Å². The summed E-state index contributed by atoms with van der Waals surface area (Å²) in [7, 11) is 0.